The molecule has 0 heterocycles. The SMILES string of the molecule is COc1ccc(CC(=O)NCCCNC(=O)Cc2ccc(OC)cc2)cc1. The van der Waals surface area contributed by atoms with Gasteiger partial charge in [-0.15, -0.1) is 0 Å². The fourth-order valence-electron chi connectivity index (χ4n) is 2.53. The van der Waals surface area contributed by atoms with E-state index in [1.807, 2.05) is 48.5 Å². The van der Waals surface area contributed by atoms with Crippen molar-refractivity contribution in [2.75, 3.05) is 27.3 Å². The minimum atomic E-state index is -0.0373. The molecule has 0 aromatic heterocycles. The summed E-state index contributed by atoms with van der Waals surface area (Å²) in [6.45, 7) is 1.05. The van der Waals surface area contributed by atoms with Crippen LogP contribution in [0.2, 0.25) is 0 Å². The van der Waals surface area contributed by atoms with Gasteiger partial charge in [0.05, 0.1) is 27.1 Å². The number of carbonyl (C=O) groups is 2. The van der Waals surface area contributed by atoms with Gasteiger partial charge in [0.15, 0.2) is 0 Å². The van der Waals surface area contributed by atoms with E-state index >= 15 is 0 Å². The lowest BCUT2D eigenvalue weighted by atomic mass is 10.1. The van der Waals surface area contributed by atoms with Crippen LogP contribution in [0.1, 0.15) is 17.5 Å². The molecule has 2 aromatic carbocycles. The maximum atomic E-state index is 11.9. The molecule has 0 aliphatic heterocycles. The molecular weight excluding hydrogens is 344 g/mol. The average Bonchev–Trinajstić information content (AvgIpc) is 2.69. The number of benzene rings is 2. The first-order valence-electron chi connectivity index (χ1n) is 8.90. The van der Waals surface area contributed by atoms with Gasteiger partial charge in [0.2, 0.25) is 11.8 Å². The van der Waals surface area contributed by atoms with E-state index in [9.17, 15) is 9.59 Å². The van der Waals surface area contributed by atoms with Crippen LogP contribution < -0.4 is 20.1 Å². The highest BCUT2D eigenvalue weighted by Crippen LogP contribution is 2.12. The van der Waals surface area contributed by atoms with E-state index in [-0.39, 0.29) is 11.8 Å². The van der Waals surface area contributed by atoms with E-state index in [0.717, 1.165) is 22.6 Å². The molecule has 0 saturated carbocycles. The van der Waals surface area contributed by atoms with E-state index in [1.54, 1.807) is 14.2 Å². The van der Waals surface area contributed by atoms with Gasteiger partial charge in [-0.2, -0.15) is 0 Å². The van der Waals surface area contributed by atoms with Crippen LogP contribution in [-0.2, 0) is 22.4 Å². The highest BCUT2D eigenvalue weighted by molar-refractivity contribution is 5.79. The van der Waals surface area contributed by atoms with Crippen molar-refractivity contribution in [3.8, 4) is 11.5 Å². The van der Waals surface area contributed by atoms with Crippen LogP contribution in [0.5, 0.6) is 11.5 Å². The summed E-state index contributed by atoms with van der Waals surface area (Å²) in [4.78, 5) is 23.8. The molecule has 2 amide bonds. The lowest BCUT2D eigenvalue weighted by Gasteiger charge is -2.08. The molecule has 0 radical (unpaired) electrons. The Hall–Kier alpha value is -3.02. The van der Waals surface area contributed by atoms with Crippen LogP contribution in [0.25, 0.3) is 0 Å². The summed E-state index contributed by atoms with van der Waals surface area (Å²) in [5.74, 6) is 1.46. The Balaban J connectivity index is 1.58. The number of rotatable bonds is 10. The zero-order valence-corrected chi connectivity index (χ0v) is 15.8. The monoisotopic (exact) mass is 370 g/mol. The van der Waals surface area contributed by atoms with E-state index in [2.05, 4.69) is 10.6 Å². The summed E-state index contributed by atoms with van der Waals surface area (Å²) in [5, 5.41) is 5.72. The standard InChI is InChI=1S/C21H26N2O4/c1-26-18-8-4-16(5-9-18)14-20(24)22-12-3-13-23-21(25)15-17-6-10-19(27-2)11-7-17/h4-11H,3,12-15H2,1-2H3,(H,22,24)(H,23,25). The Morgan fingerprint density at radius 2 is 1.07 bits per heavy atom. The van der Waals surface area contributed by atoms with Crippen molar-refractivity contribution in [2.24, 2.45) is 0 Å². The summed E-state index contributed by atoms with van der Waals surface area (Å²) >= 11 is 0. The first kappa shape index (κ1) is 20.3. The van der Waals surface area contributed by atoms with Crippen molar-refractivity contribution in [1.29, 1.82) is 0 Å². The third kappa shape index (κ3) is 7.40. The first-order chi connectivity index (χ1) is 13.1. The van der Waals surface area contributed by atoms with Crippen molar-refractivity contribution in [1.82, 2.24) is 10.6 Å². The molecule has 0 spiro atoms. The molecule has 0 aliphatic rings. The van der Waals surface area contributed by atoms with Crippen LogP contribution in [0, 0.1) is 0 Å². The maximum absolute atomic E-state index is 11.9. The van der Waals surface area contributed by atoms with Crippen LogP contribution in [0.4, 0.5) is 0 Å². The number of ether oxygens (including phenoxy) is 2. The largest absolute Gasteiger partial charge is 0.497 e. The second-order valence-corrected chi connectivity index (χ2v) is 6.10. The third-order valence-corrected chi connectivity index (χ3v) is 4.05. The second-order valence-electron chi connectivity index (χ2n) is 6.10. The molecule has 0 atom stereocenters. The lowest BCUT2D eigenvalue weighted by Crippen LogP contribution is -2.31. The number of hydrogen-bond donors (Lipinski definition) is 2. The molecule has 2 aromatic rings. The van der Waals surface area contributed by atoms with Crippen LogP contribution >= 0.6 is 0 Å². The molecule has 27 heavy (non-hydrogen) atoms. The Kier molecular flexibility index (Phi) is 8.16. The Morgan fingerprint density at radius 1 is 0.704 bits per heavy atom. The molecule has 2 N–H and O–H groups in total. The number of hydrogen-bond acceptors (Lipinski definition) is 4. The van der Waals surface area contributed by atoms with Crippen molar-refractivity contribution in [3.63, 3.8) is 0 Å². The zero-order chi connectivity index (χ0) is 19.5. The molecule has 2 rings (SSSR count). The zero-order valence-electron chi connectivity index (χ0n) is 15.8. The lowest BCUT2D eigenvalue weighted by molar-refractivity contribution is -0.120. The summed E-state index contributed by atoms with van der Waals surface area (Å²) in [5.41, 5.74) is 1.86. The van der Waals surface area contributed by atoms with E-state index in [0.29, 0.717) is 32.4 Å². The van der Waals surface area contributed by atoms with Gasteiger partial charge in [0, 0.05) is 13.1 Å². The number of methoxy groups -OCH3 is 2. The summed E-state index contributed by atoms with van der Waals surface area (Å²) < 4.78 is 10.2. The molecule has 144 valence electrons. The number of carbonyl (C=O) groups excluding carboxylic acids is 2. The van der Waals surface area contributed by atoms with Gasteiger partial charge < -0.3 is 20.1 Å². The Labute approximate surface area is 159 Å². The van der Waals surface area contributed by atoms with Gasteiger partial charge >= 0.3 is 0 Å². The molecule has 6 nitrogen and oxygen atoms in total. The smallest absolute Gasteiger partial charge is 0.224 e. The van der Waals surface area contributed by atoms with Gasteiger partial charge in [0.25, 0.3) is 0 Å². The minimum Gasteiger partial charge on any atom is -0.497 e. The predicted molar refractivity (Wildman–Crippen MR) is 104 cm³/mol. The highest BCUT2D eigenvalue weighted by atomic mass is 16.5. The number of amides is 2. The van der Waals surface area contributed by atoms with Crippen molar-refractivity contribution in [2.45, 2.75) is 19.3 Å². The average molecular weight is 370 g/mol. The molecule has 6 heteroatoms. The molecule has 0 saturated heterocycles. The van der Waals surface area contributed by atoms with Gasteiger partial charge in [-0.1, -0.05) is 24.3 Å². The van der Waals surface area contributed by atoms with Gasteiger partial charge in [-0.05, 0) is 41.8 Å². The second kappa shape index (κ2) is 10.9. The summed E-state index contributed by atoms with van der Waals surface area (Å²) in [7, 11) is 3.22. The number of nitrogens with one attached hydrogen (secondary N) is 2. The molecule has 0 bridgehead atoms. The summed E-state index contributed by atoms with van der Waals surface area (Å²) in [6, 6.07) is 14.8. The normalized spacial score (nSPS) is 10.1. The Bertz CT molecular complexity index is 663. The first-order valence-corrected chi connectivity index (χ1v) is 8.90. The topological polar surface area (TPSA) is 76.7 Å². The molecule has 0 unspecified atom stereocenters. The van der Waals surface area contributed by atoms with E-state index < -0.39 is 0 Å². The Morgan fingerprint density at radius 3 is 1.41 bits per heavy atom. The van der Waals surface area contributed by atoms with Gasteiger partial charge in [-0.3, -0.25) is 9.59 Å². The minimum absolute atomic E-state index is 0.0373. The molecular formula is C21H26N2O4. The van der Waals surface area contributed by atoms with Crippen LogP contribution in [0.15, 0.2) is 48.5 Å². The van der Waals surface area contributed by atoms with Gasteiger partial charge in [0.1, 0.15) is 11.5 Å². The predicted octanol–water partition coefficient (Wildman–Crippen LogP) is 2.11. The quantitative estimate of drug-likeness (QED) is 0.628. The summed E-state index contributed by atoms with van der Waals surface area (Å²) in [6.07, 6.45) is 1.34. The van der Waals surface area contributed by atoms with Crippen molar-refractivity contribution in [3.05, 3.63) is 59.7 Å². The molecule has 0 fully saturated rings. The van der Waals surface area contributed by atoms with E-state index in [1.165, 1.54) is 0 Å². The van der Waals surface area contributed by atoms with Crippen LogP contribution in [-0.4, -0.2) is 39.1 Å². The maximum Gasteiger partial charge on any atom is 0.224 e. The fraction of sp³-hybridized carbons (Fsp3) is 0.333. The third-order valence-electron chi connectivity index (χ3n) is 4.05. The highest BCUT2D eigenvalue weighted by Gasteiger charge is 2.05. The van der Waals surface area contributed by atoms with Crippen LogP contribution in [0.3, 0.4) is 0 Å². The van der Waals surface area contributed by atoms with Gasteiger partial charge in [-0.25, -0.2) is 0 Å². The van der Waals surface area contributed by atoms with Crippen molar-refractivity contribution >= 4 is 11.8 Å². The molecule has 0 aliphatic carbocycles. The fourth-order valence-corrected chi connectivity index (χ4v) is 2.53. The van der Waals surface area contributed by atoms with Crippen molar-refractivity contribution < 1.29 is 19.1 Å². The van der Waals surface area contributed by atoms with E-state index in [4.69, 9.17) is 9.47 Å².